The molecule has 0 aliphatic carbocycles. The van der Waals surface area contributed by atoms with Crippen LogP contribution in [-0.4, -0.2) is 4.40 Å². The van der Waals surface area contributed by atoms with Gasteiger partial charge in [0.25, 0.3) is 0 Å². The molecule has 2 heterocycles. The van der Waals surface area contributed by atoms with Crippen molar-refractivity contribution in [3.05, 3.63) is 203 Å². The van der Waals surface area contributed by atoms with Crippen LogP contribution in [0, 0.1) is 13.8 Å². The molecule has 59 heavy (non-hydrogen) atoms. The number of hydrogen-bond donors (Lipinski definition) is 0. The zero-order valence-corrected chi connectivity index (χ0v) is 31.8. The number of hydrogen-bond acceptors (Lipinski definition) is 1. The first kappa shape index (κ1) is 36.5. The smallest absolute Gasteiger partial charge is 0.310 e. The normalized spacial score (nSPS) is 13.0. The summed E-state index contributed by atoms with van der Waals surface area (Å²) in [6.45, 7) is 3.85. The summed E-state index contributed by atoms with van der Waals surface area (Å²) in [4.78, 5) is 1.65. The minimum Gasteiger partial charge on any atom is -0.310 e. The van der Waals surface area contributed by atoms with Crippen LogP contribution in [0.1, 0.15) is 44.9 Å². The van der Waals surface area contributed by atoms with Gasteiger partial charge in [-0.1, -0.05) is 109 Å². The lowest BCUT2D eigenvalue weighted by molar-refractivity contribution is -0.138. The van der Waals surface area contributed by atoms with Gasteiger partial charge in [0.2, 0.25) is 0 Å². The van der Waals surface area contributed by atoms with Crippen LogP contribution in [0.2, 0.25) is 0 Å². The van der Waals surface area contributed by atoms with Crippen molar-refractivity contribution in [2.24, 2.45) is 0 Å². The van der Waals surface area contributed by atoms with Crippen LogP contribution in [-0.2, 0) is 12.4 Å². The maximum atomic E-state index is 14.8. The predicted octanol–water partition coefficient (Wildman–Crippen LogP) is 15.3. The molecule has 0 aliphatic heterocycles. The largest absolute Gasteiger partial charge is 0.418 e. The molecule has 290 valence electrons. The van der Waals surface area contributed by atoms with Crippen LogP contribution < -0.4 is 4.90 Å². The summed E-state index contributed by atoms with van der Waals surface area (Å²) in [6.07, 6.45) is -9.16. The van der Waals surface area contributed by atoms with Crippen molar-refractivity contribution in [2.75, 3.05) is 4.90 Å². The maximum Gasteiger partial charge on any atom is 0.418 e. The van der Waals surface area contributed by atoms with Gasteiger partial charge in [0, 0.05) is 38.8 Å². The fraction of sp³-hybridized carbons (Fsp3) is 0.0980. The molecule has 0 saturated heterocycles. The third-order valence-corrected chi connectivity index (χ3v) is 11.5. The zero-order valence-electron chi connectivity index (χ0n) is 31.8. The molecule has 8 aromatic carbocycles. The third kappa shape index (κ3) is 5.96. The fourth-order valence-electron chi connectivity index (χ4n) is 9.13. The number of aromatic nitrogens is 1. The molecule has 0 saturated carbocycles. The van der Waals surface area contributed by atoms with Crippen LogP contribution in [0.4, 0.5) is 43.4 Å². The van der Waals surface area contributed by atoms with E-state index in [1.54, 1.807) is 29.2 Å². The Labute approximate surface area is 335 Å². The quantitative estimate of drug-likeness (QED) is 0.120. The second-order valence-electron chi connectivity index (χ2n) is 15.3. The highest BCUT2D eigenvalue weighted by Crippen LogP contribution is 2.49. The minimum absolute atomic E-state index is 0.0133. The zero-order chi connectivity index (χ0) is 40.8. The Morgan fingerprint density at radius 2 is 1.15 bits per heavy atom. The number of para-hydroxylation sites is 2. The molecule has 0 amide bonds. The first-order chi connectivity index (χ1) is 28.4. The topological polar surface area (TPSA) is 7.65 Å². The number of fused-ring (bicyclic) bond motifs is 7. The average molecular weight is 789 g/mol. The lowest BCUT2D eigenvalue weighted by atomic mass is 9.80. The summed E-state index contributed by atoms with van der Waals surface area (Å²) >= 11 is 0. The molecule has 0 N–H and O–H groups in total. The highest BCUT2D eigenvalue weighted by molar-refractivity contribution is 6.25. The van der Waals surface area contributed by atoms with Gasteiger partial charge in [0.1, 0.15) is 0 Å². The van der Waals surface area contributed by atoms with Crippen LogP contribution in [0.15, 0.2) is 164 Å². The molecule has 0 fully saturated rings. The van der Waals surface area contributed by atoms with E-state index in [0.717, 1.165) is 83.3 Å². The molecule has 2 aromatic heterocycles. The van der Waals surface area contributed by atoms with Crippen molar-refractivity contribution in [3.63, 3.8) is 0 Å². The maximum absolute atomic E-state index is 14.8. The van der Waals surface area contributed by atoms with Gasteiger partial charge >= 0.3 is 12.4 Å². The molecule has 8 heteroatoms. The summed E-state index contributed by atoms with van der Waals surface area (Å²) in [5.74, 6) is -0.737. The number of anilines is 3. The molecule has 0 aliphatic rings. The van der Waals surface area contributed by atoms with Crippen molar-refractivity contribution < 1.29 is 26.3 Å². The Hall–Kier alpha value is -6.80. The summed E-state index contributed by atoms with van der Waals surface area (Å²) < 4.78 is 90.2. The van der Waals surface area contributed by atoms with Crippen LogP contribution in [0.3, 0.4) is 0 Å². The number of rotatable bonds is 6. The van der Waals surface area contributed by atoms with E-state index in [-0.39, 0.29) is 11.3 Å². The molecule has 1 atom stereocenters. The van der Waals surface area contributed by atoms with Crippen molar-refractivity contribution in [3.8, 4) is 0 Å². The highest BCUT2D eigenvalue weighted by atomic mass is 19.4. The second kappa shape index (κ2) is 13.4. The Kier molecular flexibility index (Phi) is 8.29. The number of halogens is 6. The number of alkyl halides is 6. The van der Waals surface area contributed by atoms with Gasteiger partial charge in [-0.25, -0.2) is 0 Å². The van der Waals surface area contributed by atoms with E-state index in [2.05, 4.69) is 16.5 Å². The Balaban J connectivity index is 1.25. The minimum atomic E-state index is -4.59. The molecule has 2 nitrogen and oxygen atoms in total. The molecule has 10 rings (SSSR count). The van der Waals surface area contributed by atoms with Gasteiger partial charge in [-0.3, -0.25) is 0 Å². The van der Waals surface area contributed by atoms with Crippen LogP contribution in [0.25, 0.3) is 48.9 Å². The predicted molar refractivity (Wildman–Crippen MR) is 227 cm³/mol. The van der Waals surface area contributed by atoms with E-state index in [0.29, 0.717) is 11.4 Å². The molecule has 0 bridgehead atoms. The van der Waals surface area contributed by atoms with Gasteiger partial charge in [0.15, 0.2) is 0 Å². The monoisotopic (exact) mass is 788 g/mol. The molecule has 10 aromatic rings. The first-order valence-corrected chi connectivity index (χ1v) is 19.3. The van der Waals surface area contributed by atoms with Gasteiger partial charge in [-0.05, 0) is 108 Å². The van der Waals surface area contributed by atoms with E-state index < -0.39 is 29.4 Å². The first-order valence-electron chi connectivity index (χ1n) is 19.3. The number of nitrogens with zero attached hydrogens (tertiary/aromatic N) is 2. The summed E-state index contributed by atoms with van der Waals surface area (Å²) in [5.41, 5.74) is 5.97. The molecule has 1 unspecified atom stereocenters. The second-order valence-corrected chi connectivity index (χ2v) is 15.3. The van der Waals surface area contributed by atoms with Gasteiger partial charge in [-0.15, -0.1) is 0 Å². The summed E-state index contributed by atoms with van der Waals surface area (Å²) in [5, 5.41) is 5.41. The van der Waals surface area contributed by atoms with Crippen LogP contribution >= 0.6 is 0 Å². The Morgan fingerprint density at radius 1 is 0.475 bits per heavy atom. The molecule has 0 radical (unpaired) electrons. The molecular weight excluding hydrogens is 755 g/mol. The average Bonchev–Trinajstić information content (AvgIpc) is 3.72. The van der Waals surface area contributed by atoms with Crippen LogP contribution in [0.5, 0.6) is 0 Å². The van der Waals surface area contributed by atoms with E-state index >= 15 is 0 Å². The standard InChI is InChI=1S/C51H34F6N2/c1-30-11-9-13-33(25-30)47(38-15-3-5-17-42(38)50(52,53)54)40-24-23-37-41-28-32-21-22-36(27-34(32)29-46(41)59-44-19-7-4-16-39(44)48(40)49(37)59)58(35-14-10-12-31(2)26-35)45-20-8-6-18-43(45)51(55,56)57/h3-29,47H,1-2H3. The SMILES string of the molecule is Cc1cccc(C(c2ccccc2C(F)(F)F)c2ccc3c4cc5ccc(N(c6cccc(C)c6)c6ccccc6C(F)(F)F)cc5cc4n4c5ccccc5c2c34)c1. The molecular formula is C51H34F6N2. The van der Waals surface area contributed by atoms with Gasteiger partial charge in [0.05, 0.1) is 33.4 Å². The Morgan fingerprint density at radius 3 is 1.92 bits per heavy atom. The number of benzene rings is 8. The summed E-state index contributed by atoms with van der Waals surface area (Å²) in [7, 11) is 0. The van der Waals surface area contributed by atoms with Gasteiger partial charge in [-0.2, -0.15) is 26.3 Å². The van der Waals surface area contributed by atoms with E-state index in [1.165, 1.54) is 18.2 Å². The number of aryl methyl sites for hydroxylation is 2. The highest BCUT2D eigenvalue weighted by Gasteiger charge is 2.38. The third-order valence-electron chi connectivity index (χ3n) is 11.5. The summed E-state index contributed by atoms with van der Waals surface area (Å²) in [6, 6.07) is 48.4. The van der Waals surface area contributed by atoms with E-state index in [1.807, 2.05) is 111 Å². The van der Waals surface area contributed by atoms with E-state index in [9.17, 15) is 26.3 Å². The van der Waals surface area contributed by atoms with E-state index in [4.69, 9.17) is 0 Å². The lowest BCUT2D eigenvalue weighted by Gasteiger charge is -2.28. The van der Waals surface area contributed by atoms with Crippen molar-refractivity contribution >= 4 is 65.9 Å². The Bertz CT molecular complexity index is 3250. The lowest BCUT2D eigenvalue weighted by Crippen LogP contribution is -2.16. The molecule has 0 spiro atoms. The fourth-order valence-corrected chi connectivity index (χ4v) is 9.13. The van der Waals surface area contributed by atoms with Crippen molar-refractivity contribution in [2.45, 2.75) is 32.1 Å². The van der Waals surface area contributed by atoms with Gasteiger partial charge < -0.3 is 9.30 Å². The van der Waals surface area contributed by atoms with Crippen molar-refractivity contribution in [1.29, 1.82) is 0 Å². The van der Waals surface area contributed by atoms with Crippen molar-refractivity contribution in [1.82, 2.24) is 4.40 Å².